The number of hydrogen-bond donors (Lipinski definition) is 3. The molecule has 1 aromatic carbocycles. The van der Waals surface area contributed by atoms with Crippen molar-refractivity contribution in [3.8, 4) is 11.3 Å². The molecule has 1 amide bonds. The molecule has 0 unspecified atom stereocenters. The highest BCUT2D eigenvalue weighted by Crippen LogP contribution is 2.33. The lowest BCUT2D eigenvalue weighted by Crippen LogP contribution is -2.41. The fourth-order valence-corrected chi connectivity index (χ4v) is 4.16. The Bertz CT molecular complexity index is 1020. The van der Waals surface area contributed by atoms with Crippen molar-refractivity contribution in [3.63, 3.8) is 0 Å². The van der Waals surface area contributed by atoms with Crippen molar-refractivity contribution >= 4 is 34.5 Å². The molecule has 1 aliphatic carbocycles. The minimum absolute atomic E-state index is 0.0476. The number of carbonyl (C=O) groups is 1. The number of nitrogens with one attached hydrogen (secondary N) is 2. The molecule has 2 heterocycles. The number of para-hydroxylation sites is 1. The third kappa shape index (κ3) is 3.75. The van der Waals surface area contributed by atoms with Crippen LogP contribution in [0.3, 0.4) is 0 Å². The molecule has 146 valence electrons. The Balaban J connectivity index is 1.60. The number of halogens is 1. The largest absolute Gasteiger partial charge is 0.465 e. The maximum absolute atomic E-state index is 10.9. The number of fused-ring (bicyclic) bond motifs is 1. The van der Waals surface area contributed by atoms with Crippen LogP contribution in [0.1, 0.15) is 25.7 Å². The summed E-state index contributed by atoms with van der Waals surface area (Å²) < 4.78 is 2.06. The van der Waals surface area contributed by atoms with E-state index in [1.54, 1.807) is 6.20 Å². The second-order valence-corrected chi connectivity index (χ2v) is 7.62. The monoisotopic (exact) mass is 399 g/mol. The van der Waals surface area contributed by atoms with Gasteiger partial charge in [0, 0.05) is 41.8 Å². The van der Waals surface area contributed by atoms with Gasteiger partial charge in [-0.05, 0) is 31.7 Å². The predicted octanol–water partition coefficient (Wildman–Crippen LogP) is 4.28. The summed E-state index contributed by atoms with van der Waals surface area (Å²) in [7, 11) is 2.00. The van der Waals surface area contributed by atoms with Crippen molar-refractivity contribution in [1.82, 2.24) is 19.9 Å². The molecule has 1 saturated carbocycles. The Labute approximate surface area is 167 Å². The van der Waals surface area contributed by atoms with Crippen LogP contribution >= 0.6 is 11.6 Å². The van der Waals surface area contributed by atoms with Gasteiger partial charge in [0.15, 0.2) is 0 Å². The Kier molecular flexibility index (Phi) is 5.09. The molecule has 0 aliphatic heterocycles. The van der Waals surface area contributed by atoms with E-state index in [0.29, 0.717) is 23.1 Å². The third-order valence-corrected chi connectivity index (χ3v) is 5.51. The summed E-state index contributed by atoms with van der Waals surface area (Å²) in [5.74, 6) is 0.508. The first-order valence-electron chi connectivity index (χ1n) is 9.34. The lowest BCUT2D eigenvalue weighted by atomic mass is 9.91. The van der Waals surface area contributed by atoms with Crippen LogP contribution in [0.25, 0.3) is 22.2 Å². The summed E-state index contributed by atoms with van der Waals surface area (Å²) in [5, 5.41) is 16.5. The molecule has 4 rings (SSSR count). The number of nitrogens with zero attached hydrogens (tertiary/aromatic N) is 3. The summed E-state index contributed by atoms with van der Waals surface area (Å²) in [5.41, 5.74) is 2.76. The molecule has 7 nitrogen and oxygen atoms in total. The lowest BCUT2D eigenvalue weighted by Gasteiger charge is -2.29. The zero-order chi connectivity index (χ0) is 19.7. The summed E-state index contributed by atoms with van der Waals surface area (Å²) in [6.07, 6.45) is 6.13. The van der Waals surface area contributed by atoms with Gasteiger partial charge >= 0.3 is 6.09 Å². The number of benzene rings is 1. The molecule has 0 spiro atoms. The number of rotatable bonds is 4. The molecule has 2 aromatic heterocycles. The topological polar surface area (TPSA) is 92.1 Å². The average molecular weight is 400 g/mol. The van der Waals surface area contributed by atoms with Gasteiger partial charge in [0.25, 0.3) is 0 Å². The molecule has 0 bridgehead atoms. The minimum Gasteiger partial charge on any atom is -0.465 e. The van der Waals surface area contributed by atoms with E-state index in [-0.39, 0.29) is 12.1 Å². The van der Waals surface area contributed by atoms with Crippen LogP contribution in [0.15, 0.2) is 36.7 Å². The van der Waals surface area contributed by atoms with Gasteiger partial charge in [-0.25, -0.2) is 14.8 Å². The first-order valence-corrected chi connectivity index (χ1v) is 9.72. The number of amides is 1. The molecule has 3 aromatic rings. The predicted molar refractivity (Wildman–Crippen MR) is 110 cm³/mol. The van der Waals surface area contributed by atoms with E-state index >= 15 is 0 Å². The van der Waals surface area contributed by atoms with Crippen molar-refractivity contribution in [2.24, 2.45) is 7.05 Å². The Hall–Kier alpha value is -2.80. The van der Waals surface area contributed by atoms with Crippen LogP contribution in [-0.4, -0.2) is 37.8 Å². The normalized spacial score (nSPS) is 19.5. The van der Waals surface area contributed by atoms with E-state index in [0.717, 1.165) is 35.7 Å². The summed E-state index contributed by atoms with van der Waals surface area (Å²) >= 11 is 6.43. The van der Waals surface area contributed by atoms with Crippen LogP contribution in [0.5, 0.6) is 0 Å². The highest BCUT2D eigenvalue weighted by Gasteiger charge is 2.24. The van der Waals surface area contributed by atoms with Gasteiger partial charge < -0.3 is 20.3 Å². The fraction of sp³-hybridized carbons (Fsp3) is 0.350. The smallest absolute Gasteiger partial charge is 0.404 e. The minimum atomic E-state index is -0.980. The molecule has 2 atom stereocenters. The molecule has 28 heavy (non-hydrogen) atoms. The van der Waals surface area contributed by atoms with Crippen molar-refractivity contribution in [2.75, 3.05) is 5.32 Å². The number of aromatic nitrogens is 3. The third-order valence-electron chi connectivity index (χ3n) is 5.23. The fourth-order valence-electron chi connectivity index (χ4n) is 3.97. The highest BCUT2D eigenvalue weighted by molar-refractivity contribution is 6.33. The van der Waals surface area contributed by atoms with Crippen molar-refractivity contribution in [2.45, 2.75) is 37.8 Å². The second kappa shape index (κ2) is 7.67. The van der Waals surface area contributed by atoms with Crippen LogP contribution in [0, 0.1) is 0 Å². The van der Waals surface area contributed by atoms with Gasteiger partial charge in [0.05, 0.1) is 16.9 Å². The maximum Gasteiger partial charge on any atom is 0.404 e. The van der Waals surface area contributed by atoms with Crippen LogP contribution in [0.2, 0.25) is 5.02 Å². The quantitative estimate of drug-likeness (QED) is 0.609. The van der Waals surface area contributed by atoms with Gasteiger partial charge in [0.2, 0.25) is 5.95 Å². The number of carboxylic acid groups (broad SMARTS) is 1. The maximum atomic E-state index is 10.9. The number of anilines is 1. The Morgan fingerprint density at radius 1 is 1.29 bits per heavy atom. The van der Waals surface area contributed by atoms with Crippen LogP contribution in [-0.2, 0) is 7.05 Å². The molecular formula is C20H22ClN5O2. The molecule has 0 saturated heterocycles. The number of hydrogen-bond acceptors (Lipinski definition) is 4. The molecule has 8 heteroatoms. The first-order chi connectivity index (χ1) is 13.5. The van der Waals surface area contributed by atoms with E-state index in [2.05, 4.69) is 37.3 Å². The van der Waals surface area contributed by atoms with E-state index < -0.39 is 6.09 Å². The van der Waals surface area contributed by atoms with E-state index in [4.69, 9.17) is 16.7 Å². The van der Waals surface area contributed by atoms with Crippen LogP contribution in [0.4, 0.5) is 10.7 Å². The molecule has 0 radical (unpaired) electrons. The SMILES string of the molecule is Cn1cc(-c2nc(N[C@@H]3CCC[C@H](NC(=O)O)C3)ncc2Cl)c2ccccc21. The van der Waals surface area contributed by atoms with Crippen molar-refractivity contribution in [1.29, 1.82) is 0 Å². The van der Waals surface area contributed by atoms with Gasteiger partial charge in [-0.2, -0.15) is 0 Å². The summed E-state index contributed by atoms with van der Waals surface area (Å²) in [6, 6.07) is 8.19. The van der Waals surface area contributed by atoms with E-state index in [1.807, 2.05) is 25.4 Å². The first kappa shape index (κ1) is 18.6. The summed E-state index contributed by atoms with van der Waals surface area (Å²) in [6.45, 7) is 0. The van der Waals surface area contributed by atoms with Crippen molar-refractivity contribution < 1.29 is 9.90 Å². The van der Waals surface area contributed by atoms with Gasteiger partial charge in [-0.1, -0.05) is 29.8 Å². The average Bonchev–Trinajstić information content (AvgIpc) is 3.00. The van der Waals surface area contributed by atoms with E-state index in [1.165, 1.54) is 0 Å². The molecular weight excluding hydrogens is 378 g/mol. The van der Waals surface area contributed by atoms with Gasteiger partial charge in [-0.3, -0.25) is 0 Å². The molecule has 1 aliphatic rings. The number of aryl methyl sites for hydroxylation is 1. The zero-order valence-corrected chi connectivity index (χ0v) is 16.3. The Morgan fingerprint density at radius 2 is 2.07 bits per heavy atom. The highest BCUT2D eigenvalue weighted by atomic mass is 35.5. The molecule has 3 N–H and O–H groups in total. The standard InChI is InChI=1S/C20H22ClN5O2/c1-26-11-15(14-7-2-3-8-17(14)26)18-16(21)10-22-19(25-18)23-12-5-4-6-13(9-12)24-20(27)28/h2-3,7-8,10-13,24H,4-6,9H2,1H3,(H,27,28)(H,22,23,25)/t12-,13+/m1/s1. The zero-order valence-electron chi connectivity index (χ0n) is 15.5. The Morgan fingerprint density at radius 3 is 2.89 bits per heavy atom. The van der Waals surface area contributed by atoms with Crippen LogP contribution < -0.4 is 10.6 Å². The summed E-state index contributed by atoms with van der Waals surface area (Å²) in [4.78, 5) is 19.9. The van der Waals surface area contributed by atoms with Crippen molar-refractivity contribution in [3.05, 3.63) is 41.7 Å². The van der Waals surface area contributed by atoms with Gasteiger partial charge in [0.1, 0.15) is 0 Å². The van der Waals surface area contributed by atoms with E-state index in [9.17, 15) is 4.79 Å². The van der Waals surface area contributed by atoms with Gasteiger partial charge in [-0.15, -0.1) is 0 Å². The second-order valence-electron chi connectivity index (χ2n) is 7.22. The lowest BCUT2D eigenvalue weighted by molar-refractivity contribution is 0.185. The molecule has 1 fully saturated rings.